The van der Waals surface area contributed by atoms with Gasteiger partial charge >= 0.3 is 6.18 Å². The van der Waals surface area contributed by atoms with Gasteiger partial charge in [0.15, 0.2) is 6.10 Å². The minimum Gasteiger partial charge on any atom is -0.510 e. The molecule has 0 fully saturated rings. The van der Waals surface area contributed by atoms with E-state index >= 15 is 0 Å². The molecule has 0 saturated heterocycles. The summed E-state index contributed by atoms with van der Waals surface area (Å²) in [5, 5.41) is 18.4. The molecule has 0 aromatic heterocycles. The zero-order chi connectivity index (χ0) is 11.8. The average Bonchev–Trinajstić information content (AvgIpc) is 1.99. The first kappa shape index (κ1) is 12.2. The van der Waals surface area contributed by atoms with E-state index in [1.807, 2.05) is 0 Å². The van der Waals surface area contributed by atoms with Gasteiger partial charge in [-0.15, -0.1) is 0 Å². The first-order valence-electron chi connectivity index (χ1n) is 3.98. The highest BCUT2D eigenvalue weighted by molar-refractivity contribution is 6.31. The molecule has 0 aromatic carbocycles. The predicted octanol–water partition coefficient (Wildman–Crippen LogP) is 1.75. The molecule has 0 radical (unpaired) electrons. The molecule has 86 valence electrons. The summed E-state index contributed by atoms with van der Waals surface area (Å²) in [5.74, 6) is -0.616. The third-order valence-electron chi connectivity index (χ3n) is 1.99. The van der Waals surface area contributed by atoms with Gasteiger partial charge < -0.3 is 15.1 Å². The molecule has 2 unspecified atom stereocenters. The Labute approximate surface area is 89.1 Å². The maximum absolute atomic E-state index is 12.2. The number of halogens is 4. The van der Waals surface area contributed by atoms with Gasteiger partial charge in [-0.2, -0.15) is 13.2 Å². The van der Waals surface area contributed by atoms with Crippen molar-refractivity contribution in [1.82, 2.24) is 4.90 Å². The lowest BCUT2D eigenvalue weighted by molar-refractivity contribution is -0.217. The van der Waals surface area contributed by atoms with E-state index in [9.17, 15) is 18.3 Å². The lowest BCUT2D eigenvalue weighted by Crippen LogP contribution is -2.49. The molecular formula is C8H9ClF3NO2. The molecule has 0 amide bonds. The second-order valence-corrected chi connectivity index (χ2v) is 3.62. The number of hydrogen-bond acceptors (Lipinski definition) is 3. The van der Waals surface area contributed by atoms with Gasteiger partial charge in [0.25, 0.3) is 0 Å². The highest BCUT2D eigenvalue weighted by Crippen LogP contribution is 2.30. The van der Waals surface area contributed by atoms with Gasteiger partial charge in [0, 0.05) is 13.2 Å². The minimum atomic E-state index is -4.79. The van der Waals surface area contributed by atoms with Crippen LogP contribution in [0.4, 0.5) is 13.2 Å². The van der Waals surface area contributed by atoms with Crippen LogP contribution in [-0.4, -0.2) is 40.5 Å². The molecule has 2 atom stereocenters. The third-order valence-corrected chi connectivity index (χ3v) is 2.20. The van der Waals surface area contributed by atoms with Gasteiger partial charge in [-0.3, -0.25) is 0 Å². The Hall–Kier alpha value is -0.880. The van der Waals surface area contributed by atoms with Crippen molar-refractivity contribution in [2.24, 2.45) is 0 Å². The molecule has 15 heavy (non-hydrogen) atoms. The Bertz CT molecular complexity index is 313. The normalized spacial score (nSPS) is 24.7. The topological polar surface area (TPSA) is 43.7 Å². The SMILES string of the molecule is CN1C=C(Cl)C=C(O)C1C(O)C(F)(F)F. The van der Waals surface area contributed by atoms with E-state index in [-0.39, 0.29) is 5.03 Å². The van der Waals surface area contributed by atoms with Crippen LogP contribution >= 0.6 is 11.6 Å². The van der Waals surface area contributed by atoms with Crippen molar-refractivity contribution < 1.29 is 23.4 Å². The van der Waals surface area contributed by atoms with Crippen LogP contribution in [0.15, 0.2) is 23.1 Å². The summed E-state index contributed by atoms with van der Waals surface area (Å²) in [6.07, 6.45) is -5.28. The number of nitrogens with zero attached hydrogens (tertiary/aromatic N) is 1. The minimum absolute atomic E-state index is 0.0978. The molecule has 3 nitrogen and oxygen atoms in total. The molecule has 0 saturated carbocycles. The molecule has 7 heteroatoms. The summed E-state index contributed by atoms with van der Waals surface area (Å²) >= 11 is 5.51. The van der Waals surface area contributed by atoms with E-state index < -0.39 is 24.1 Å². The lowest BCUT2D eigenvalue weighted by Gasteiger charge is -2.33. The highest BCUT2D eigenvalue weighted by atomic mass is 35.5. The Kier molecular flexibility index (Phi) is 3.20. The summed E-state index contributed by atoms with van der Waals surface area (Å²) in [6.45, 7) is 0. The van der Waals surface area contributed by atoms with Crippen LogP contribution in [-0.2, 0) is 0 Å². The number of alkyl halides is 3. The first-order chi connectivity index (χ1) is 6.73. The van der Waals surface area contributed by atoms with Crippen LogP contribution in [0.3, 0.4) is 0 Å². The summed E-state index contributed by atoms with van der Waals surface area (Å²) in [6, 6.07) is -1.55. The van der Waals surface area contributed by atoms with Crippen LogP contribution in [0.5, 0.6) is 0 Å². The summed E-state index contributed by atoms with van der Waals surface area (Å²) in [5.41, 5.74) is 0. The maximum atomic E-state index is 12.2. The molecule has 1 rings (SSSR count). The zero-order valence-electron chi connectivity index (χ0n) is 7.66. The number of likely N-dealkylation sites (N-methyl/N-ethyl adjacent to an activating group) is 1. The van der Waals surface area contributed by atoms with Crippen molar-refractivity contribution in [2.45, 2.75) is 18.3 Å². The van der Waals surface area contributed by atoms with Crippen molar-refractivity contribution in [1.29, 1.82) is 0 Å². The molecule has 0 aliphatic carbocycles. The fourth-order valence-electron chi connectivity index (χ4n) is 1.31. The van der Waals surface area contributed by atoms with Gasteiger partial charge in [-0.25, -0.2) is 0 Å². The quantitative estimate of drug-likeness (QED) is 0.737. The second-order valence-electron chi connectivity index (χ2n) is 3.18. The van der Waals surface area contributed by atoms with Crippen LogP contribution in [0.1, 0.15) is 0 Å². The zero-order valence-corrected chi connectivity index (χ0v) is 8.42. The number of hydrogen-bond donors (Lipinski definition) is 2. The van der Waals surface area contributed by atoms with Crippen LogP contribution in [0, 0.1) is 0 Å². The Morgan fingerprint density at radius 2 is 2.07 bits per heavy atom. The van der Waals surface area contributed by atoms with Gasteiger partial charge in [0.05, 0.1) is 5.03 Å². The number of allylic oxidation sites excluding steroid dienone is 2. The first-order valence-corrected chi connectivity index (χ1v) is 4.36. The molecular weight excluding hydrogens is 235 g/mol. The molecule has 0 bridgehead atoms. The van der Waals surface area contributed by atoms with Gasteiger partial charge in [-0.05, 0) is 6.08 Å². The smallest absolute Gasteiger partial charge is 0.416 e. The number of aliphatic hydroxyl groups is 2. The Morgan fingerprint density at radius 1 is 1.53 bits per heavy atom. The Morgan fingerprint density at radius 3 is 2.47 bits per heavy atom. The maximum Gasteiger partial charge on any atom is 0.416 e. The van der Waals surface area contributed by atoms with Gasteiger partial charge in [0.1, 0.15) is 11.8 Å². The van der Waals surface area contributed by atoms with E-state index in [4.69, 9.17) is 16.7 Å². The second kappa shape index (κ2) is 3.94. The van der Waals surface area contributed by atoms with E-state index in [2.05, 4.69) is 0 Å². The van der Waals surface area contributed by atoms with E-state index in [0.29, 0.717) is 0 Å². The van der Waals surface area contributed by atoms with E-state index in [0.717, 1.165) is 11.0 Å². The third kappa shape index (κ3) is 2.57. The molecule has 0 aromatic rings. The number of rotatable bonds is 1. The summed E-state index contributed by atoms with van der Waals surface area (Å²) in [4.78, 5) is 1.01. The molecule has 2 N–H and O–H groups in total. The lowest BCUT2D eigenvalue weighted by atomic mass is 10.1. The largest absolute Gasteiger partial charge is 0.510 e. The van der Waals surface area contributed by atoms with Crippen molar-refractivity contribution in [3.8, 4) is 0 Å². The van der Waals surface area contributed by atoms with Gasteiger partial charge in [-0.1, -0.05) is 11.6 Å². The highest BCUT2D eigenvalue weighted by Gasteiger charge is 2.47. The number of aliphatic hydroxyl groups excluding tert-OH is 2. The molecule has 1 aliphatic rings. The predicted molar refractivity (Wildman–Crippen MR) is 48.3 cm³/mol. The van der Waals surface area contributed by atoms with Crippen LogP contribution in [0.2, 0.25) is 0 Å². The summed E-state index contributed by atoms with van der Waals surface area (Å²) in [7, 11) is 1.28. The summed E-state index contributed by atoms with van der Waals surface area (Å²) < 4.78 is 36.6. The average molecular weight is 244 g/mol. The van der Waals surface area contributed by atoms with E-state index in [1.165, 1.54) is 13.2 Å². The standard InChI is InChI=1S/C8H9ClF3NO2/c1-13-3-4(9)2-5(14)6(13)7(15)8(10,11)12/h2-3,6-7,14-15H,1H3. The van der Waals surface area contributed by atoms with Crippen LogP contribution in [0.25, 0.3) is 0 Å². The van der Waals surface area contributed by atoms with Gasteiger partial charge in [0.2, 0.25) is 0 Å². The van der Waals surface area contributed by atoms with Crippen molar-refractivity contribution in [3.05, 3.63) is 23.1 Å². The monoisotopic (exact) mass is 243 g/mol. The fourth-order valence-corrected chi connectivity index (χ4v) is 1.58. The van der Waals surface area contributed by atoms with Crippen LogP contribution < -0.4 is 0 Å². The van der Waals surface area contributed by atoms with Crippen molar-refractivity contribution in [3.63, 3.8) is 0 Å². The van der Waals surface area contributed by atoms with E-state index in [1.54, 1.807) is 0 Å². The Balaban J connectivity index is 2.94. The van der Waals surface area contributed by atoms with Crippen molar-refractivity contribution >= 4 is 11.6 Å². The fraction of sp³-hybridized carbons (Fsp3) is 0.500. The molecule has 1 heterocycles. The van der Waals surface area contributed by atoms with Crippen molar-refractivity contribution in [2.75, 3.05) is 7.05 Å². The molecule has 1 aliphatic heterocycles. The molecule has 0 spiro atoms.